The summed E-state index contributed by atoms with van der Waals surface area (Å²) in [5.41, 5.74) is 4.08. The van der Waals surface area contributed by atoms with Crippen molar-refractivity contribution in [2.75, 3.05) is 19.7 Å². The Labute approximate surface area is 172 Å². The number of rotatable bonds is 7. The minimum atomic E-state index is -3.41. The van der Waals surface area contributed by atoms with E-state index >= 15 is 0 Å². The second-order valence-electron chi connectivity index (χ2n) is 7.53. The van der Waals surface area contributed by atoms with E-state index in [0.717, 1.165) is 35.1 Å². The van der Waals surface area contributed by atoms with Crippen molar-refractivity contribution in [2.24, 2.45) is 0 Å². The summed E-state index contributed by atoms with van der Waals surface area (Å²) in [6, 6.07) is 10.7. The van der Waals surface area contributed by atoms with Crippen LogP contribution < -0.4 is 10.1 Å². The molecule has 29 heavy (non-hydrogen) atoms. The van der Waals surface area contributed by atoms with Crippen LogP contribution in [0, 0.1) is 20.8 Å². The van der Waals surface area contributed by atoms with Crippen molar-refractivity contribution in [3.8, 4) is 5.75 Å². The lowest BCUT2D eigenvalue weighted by atomic mass is 10.1. The van der Waals surface area contributed by atoms with Crippen LogP contribution in [0.4, 0.5) is 0 Å². The number of aryl methyl sites for hydroxylation is 2. The number of hydrogen-bond acceptors (Lipinski definition) is 4. The molecule has 0 atom stereocenters. The molecule has 0 unspecified atom stereocenters. The number of nitrogens with one attached hydrogen (secondary N) is 1. The van der Waals surface area contributed by atoms with Gasteiger partial charge in [0, 0.05) is 19.6 Å². The maximum atomic E-state index is 12.5. The van der Waals surface area contributed by atoms with Crippen molar-refractivity contribution in [3.05, 3.63) is 58.7 Å². The molecule has 0 aromatic heterocycles. The zero-order valence-corrected chi connectivity index (χ0v) is 18.0. The van der Waals surface area contributed by atoms with Gasteiger partial charge in [-0.05, 0) is 74.1 Å². The summed E-state index contributed by atoms with van der Waals surface area (Å²) in [5.74, 6) is 0.492. The van der Waals surface area contributed by atoms with Gasteiger partial charge in [0.1, 0.15) is 5.75 Å². The van der Waals surface area contributed by atoms with Crippen LogP contribution in [-0.2, 0) is 21.4 Å². The highest BCUT2D eigenvalue weighted by Crippen LogP contribution is 2.23. The fraction of sp³-hybridized carbons (Fsp3) is 0.409. The molecule has 0 aliphatic carbocycles. The fourth-order valence-electron chi connectivity index (χ4n) is 3.40. The van der Waals surface area contributed by atoms with E-state index < -0.39 is 10.0 Å². The fourth-order valence-corrected chi connectivity index (χ4v) is 4.92. The predicted molar refractivity (Wildman–Crippen MR) is 112 cm³/mol. The molecular formula is C22H28N2O4S. The summed E-state index contributed by atoms with van der Waals surface area (Å²) in [6.45, 7) is 7.40. The third-order valence-electron chi connectivity index (χ3n) is 5.24. The number of ether oxygens (including phenoxy) is 1. The summed E-state index contributed by atoms with van der Waals surface area (Å²) in [5, 5.41) is 2.81. The van der Waals surface area contributed by atoms with Gasteiger partial charge in [-0.1, -0.05) is 18.2 Å². The van der Waals surface area contributed by atoms with Gasteiger partial charge in [-0.3, -0.25) is 4.79 Å². The first-order chi connectivity index (χ1) is 13.8. The Morgan fingerprint density at radius 1 is 1.07 bits per heavy atom. The van der Waals surface area contributed by atoms with Crippen LogP contribution in [0.3, 0.4) is 0 Å². The lowest BCUT2D eigenvalue weighted by molar-refractivity contribution is -0.123. The maximum Gasteiger partial charge on any atom is 0.258 e. The molecule has 2 aromatic carbocycles. The smallest absolute Gasteiger partial charge is 0.258 e. The lowest BCUT2D eigenvalue weighted by Crippen LogP contribution is -2.29. The second kappa shape index (κ2) is 8.97. The Morgan fingerprint density at radius 3 is 2.38 bits per heavy atom. The topological polar surface area (TPSA) is 75.7 Å². The van der Waals surface area contributed by atoms with Gasteiger partial charge < -0.3 is 10.1 Å². The van der Waals surface area contributed by atoms with Crippen LogP contribution in [0.2, 0.25) is 0 Å². The second-order valence-corrected chi connectivity index (χ2v) is 9.46. The molecule has 0 saturated carbocycles. The standard InChI is InChI=1S/C22H28N2O4S/c1-16-12-17(2)18(3)21(13-16)28-15-22(25)23-14-19-6-8-20(9-7-19)29(26,27)24-10-4-5-11-24/h6-9,12-13H,4-5,10-11,14-15H2,1-3H3,(H,23,25). The van der Waals surface area contributed by atoms with Crippen molar-refractivity contribution in [2.45, 2.75) is 45.1 Å². The van der Waals surface area contributed by atoms with Crippen LogP contribution in [0.5, 0.6) is 5.75 Å². The molecule has 1 aliphatic rings. The van der Waals surface area contributed by atoms with Gasteiger partial charge in [0.05, 0.1) is 4.90 Å². The third-order valence-corrected chi connectivity index (χ3v) is 7.15. The predicted octanol–water partition coefficient (Wildman–Crippen LogP) is 3.09. The van der Waals surface area contributed by atoms with E-state index in [-0.39, 0.29) is 12.5 Å². The molecule has 1 saturated heterocycles. The first kappa shape index (κ1) is 21.3. The highest BCUT2D eigenvalue weighted by atomic mass is 32.2. The number of sulfonamides is 1. The molecule has 1 heterocycles. The molecule has 2 aromatic rings. The SMILES string of the molecule is Cc1cc(C)c(C)c(OCC(=O)NCc2ccc(S(=O)(=O)N3CCCC3)cc2)c1. The minimum Gasteiger partial charge on any atom is -0.483 e. The molecule has 0 radical (unpaired) electrons. The third kappa shape index (κ3) is 5.16. The zero-order chi connectivity index (χ0) is 21.0. The monoisotopic (exact) mass is 416 g/mol. The summed E-state index contributed by atoms with van der Waals surface area (Å²) in [7, 11) is -3.41. The number of carbonyl (C=O) groups is 1. The van der Waals surface area contributed by atoms with Crippen molar-refractivity contribution < 1.29 is 17.9 Å². The highest BCUT2D eigenvalue weighted by Gasteiger charge is 2.26. The number of hydrogen-bond donors (Lipinski definition) is 1. The van der Waals surface area contributed by atoms with E-state index in [1.165, 1.54) is 4.31 Å². The Balaban J connectivity index is 1.53. The maximum absolute atomic E-state index is 12.5. The largest absolute Gasteiger partial charge is 0.483 e. The molecule has 7 heteroatoms. The van der Waals surface area contributed by atoms with Gasteiger partial charge >= 0.3 is 0 Å². The van der Waals surface area contributed by atoms with E-state index in [1.54, 1.807) is 24.3 Å². The Morgan fingerprint density at radius 2 is 1.72 bits per heavy atom. The number of amides is 1. The van der Waals surface area contributed by atoms with Crippen molar-refractivity contribution in [3.63, 3.8) is 0 Å². The molecule has 6 nitrogen and oxygen atoms in total. The molecule has 156 valence electrons. The first-order valence-corrected chi connectivity index (χ1v) is 11.3. The Kier molecular flexibility index (Phi) is 6.59. The van der Waals surface area contributed by atoms with E-state index in [4.69, 9.17) is 4.74 Å². The normalized spacial score (nSPS) is 14.7. The molecular weight excluding hydrogens is 388 g/mol. The Hall–Kier alpha value is -2.38. The first-order valence-electron chi connectivity index (χ1n) is 9.84. The van der Waals surface area contributed by atoms with Crippen LogP contribution in [0.15, 0.2) is 41.3 Å². The van der Waals surface area contributed by atoms with Crippen LogP contribution in [0.25, 0.3) is 0 Å². The number of carbonyl (C=O) groups excluding carboxylic acids is 1. The summed E-state index contributed by atoms with van der Waals surface area (Å²) < 4.78 is 32.3. The van der Waals surface area contributed by atoms with Gasteiger partial charge in [-0.2, -0.15) is 4.31 Å². The van der Waals surface area contributed by atoms with E-state index in [1.807, 2.05) is 26.8 Å². The average Bonchev–Trinajstić information content (AvgIpc) is 3.24. The van der Waals surface area contributed by atoms with Crippen LogP contribution in [-0.4, -0.2) is 38.3 Å². The van der Waals surface area contributed by atoms with Gasteiger partial charge in [0.25, 0.3) is 5.91 Å². The number of benzene rings is 2. The number of nitrogens with zero attached hydrogens (tertiary/aromatic N) is 1. The van der Waals surface area contributed by atoms with Crippen molar-refractivity contribution >= 4 is 15.9 Å². The van der Waals surface area contributed by atoms with Crippen molar-refractivity contribution in [1.29, 1.82) is 0 Å². The zero-order valence-electron chi connectivity index (χ0n) is 17.2. The molecule has 3 rings (SSSR count). The van der Waals surface area contributed by atoms with Crippen LogP contribution >= 0.6 is 0 Å². The van der Waals surface area contributed by atoms with Crippen molar-refractivity contribution in [1.82, 2.24) is 9.62 Å². The quantitative estimate of drug-likeness (QED) is 0.753. The van der Waals surface area contributed by atoms with E-state index in [2.05, 4.69) is 11.4 Å². The van der Waals surface area contributed by atoms with E-state index in [0.29, 0.717) is 30.3 Å². The van der Waals surface area contributed by atoms with Gasteiger partial charge in [0.2, 0.25) is 10.0 Å². The molecule has 1 N–H and O–H groups in total. The lowest BCUT2D eigenvalue weighted by Gasteiger charge is -2.15. The average molecular weight is 417 g/mol. The minimum absolute atomic E-state index is 0.0643. The molecule has 1 fully saturated rings. The Bertz CT molecular complexity index is 979. The molecule has 0 bridgehead atoms. The van der Waals surface area contributed by atoms with Gasteiger partial charge in [-0.15, -0.1) is 0 Å². The van der Waals surface area contributed by atoms with Gasteiger partial charge in [-0.25, -0.2) is 8.42 Å². The van der Waals surface area contributed by atoms with Gasteiger partial charge in [0.15, 0.2) is 6.61 Å². The summed E-state index contributed by atoms with van der Waals surface area (Å²) in [6.07, 6.45) is 1.82. The van der Waals surface area contributed by atoms with E-state index in [9.17, 15) is 13.2 Å². The summed E-state index contributed by atoms with van der Waals surface area (Å²) >= 11 is 0. The summed E-state index contributed by atoms with van der Waals surface area (Å²) in [4.78, 5) is 12.4. The molecule has 0 spiro atoms. The highest BCUT2D eigenvalue weighted by molar-refractivity contribution is 7.89. The molecule has 1 aliphatic heterocycles. The van der Waals surface area contributed by atoms with Crippen LogP contribution in [0.1, 0.15) is 35.1 Å². The molecule has 1 amide bonds.